The van der Waals surface area contributed by atoms with Crippen molar-refractivity contribution in [3.8, 4) is 5.69 Å². The molecule has 140 valence electrons. The van der Waals surface area contributed by atoms with Crippen LogP contribution in [0.15, 0.2) is 65.6 Å². The molecular weight excluding hydrogens is 362 g/mol. The maximum absolute atomic E-state index is 12.6. The zero-order chi connectivity index (χ0) is 19.6. The van der Waals surface area contributed by atoms with Crippen LogP contribution in [0.3, 0.4) is 0 Å². The van der Waals surface area contributed by atoms with Crippen LogP contribution in [0.25, 0.3) is 5.69 Å². The van der Waals surface area contributed by atoms with Gasteiger partial charge in [0.1, 0.15) is 0 Å². The van der Waals surface area contributed by atoms with Gasteiger partial charge in [-0.1, -0.05) is 30.3 Å². The van der Waals surface area contributed by atoms with E-state index in [-0.39, 0.29) is 4.90 Å². The maximum atomic E-state index is 12.6. The Bertz CT molecular complexity index is 1090. The number of hydrazine groups is 1. The first-order valence-corrected chi connectivity index (χ1v) is 9.91. The third-order valence-corrected chi connectivity index (χ3v) is 5.53. The molecule has 6 nitrogen and oxygen atoms in total. The summed E-state index contributed by atoms with van der Waals surface area (Å²) >= 11 is 0. The number of para-hydroxylation sites is 1. The summed E-state index contributed by atoms with van der Waals surface area (Å²) in [6.07, 6.45) is 0. The molecule has 3 aromatic rings. The standard InChI is InChI=1S/C20H21N3O3S/c1-14-8-7-11-18(12-14)27(25,26)22-21-20(24)19-13-15(2)23(16(19)3)17-9-5-4-6-10-17/h4-13,22H,1-3H3,(H,21,24). The second-order valence-electron chi connectivity index (χ2n) is 6.33. The Labute approximate surface area is 158 Å². The lowest BCUT2D eigenvalue weighted by Crippen LogP contribution is -2.41. The number of benzene rings is 2. The second-order valence-corrected chi connectivity index (χ2v) is 8.01. The topological polar surface area (TPSA) is 80.2 Å². The van der Waals surface area contributed by atoms with Crippen LogP contribution in [0.2, 0.25) is 0 Å². The molecule has 0 aliphatic carbocycles. The van der Waals surface area contributed by atoms with Gasteiger partial charge in [0.15, 0.2) is 0 Å². The number of carbonyl (C=O) groups excluding carboxylic acids is 1. The molecular formula is C20H21N3O3S. The summed E-state index contributed by atoms with van der Waals surface area (Å²) in [5.41, 5.74) is 6.07. The molecule has 0 radical (unpaired) electrons. The predicted molar refractivity (Wildman–Crippen MR) is 104 cm³/mol. The minimum absolute atomic E-state index is 0.0950. The highest BCUT2D eigenvalue weighted by Gasteiger charge is 2.19. The van der Waals surface area contributed by atoms with Crippen LogP contribution in [-0.2, 0) is 10.0 Å². The molecule has 0 unspecified atom stereocenters. The summed E-state index contributed by atoms with van der Waals surface area (Å²) in [7, 11) is -3.84. The zero-order valence-electron chi connectivity index (χ0n) is 15.4. The molecule has 0 aliphatic heterocycles. The molecule has 1 amide bonds. The van der Waals surface area contributed by atoms with Crippen molar-refractivity contribution in [2.45, 2.75) is 25.7 Å². The Morgan fingerprint density at radius 1 is 0.926 bits per heavy atom. The van der Waals surface area contributed by atoms with E-state index in [2.05, 4.69) is 10.3 Å². The van der Waals surface area contributed by atoms with E-state index in [0.29, 0.717) is 5.56 Å². The number of carbonyl (C=O) groups is 1. The van der Waals surface area contributed by atoms with Gasteiger partial charge in [-0.05, 0) is 56.7 Å². The monoisotopic (exact) mass is 383 g/mol. The van der Waals surface area contributed by atoms with Crippen LogP contribution >= 0.6 is 0 Å². The van der Waals surface area contributed by atoms with Crippen molar-refractivity contribution in [3.05, 3.63) is 83.2 Å². The van der Waals surface area contributed by atoms with Crippen molar-refractivity contribution < 1.29 is 13.2 Å². The summed E-state index contributed by atoms with van der Waals surface area (Å²) in [5, 5.41) is 0. The SMILES string of the molecule is Cc1cccc(S(=O)(=O)NNC(=O)c2cc(C)n(-c3ccccc3)c2C)c1. The van der Waals surface area contributed by atoms with E-state index in [1.165, 1.54) is 12.1 Å². The van der Waals surface area contributed by atoms with Crippen LogP contribution < -0.4 is 10.3 Å². The molecule has 3 rings (SSSR count). The average molecular weight is 383 g/mol. The number of rotatable bonds is 5. The lowest BCUT2D eigenvalue weighted by Gasteiger charge is -2.11. The number of hydrogen-bond acceptors (Lipinski definition) is 3. The van der Waals surface area contributed by atoms with E-state index in [1.54, 1.807) is 25.1 Å². The smallest absolute Gasteiger partial charge is 0.268 e. The van der Waals surface area contributed by atoms with Gasteiger partial charge >= 0.3 is 0 Å². The zero-order valence-corrected chi connectivity index (χ0v) is 16.2. The van der Waals surface area contributed by atoms with E-state index in [1.807, 2.05) is 48.7 Å². The molecule has 2 N–H and O–H groups in total. The quantitative estimate of drug-likeness (QED) is 0.665. The van der Waals surface area contributed by atoms with Crippen molar-refractivity contribution in [1.82, 2.24) is 14.8 Å². The summed E-state index contributed by atoms with van der Waals surface area (Å²) in [6, 6.07) is 17.9. The summed E-state index contributed by atoms with van der Waals surface area (Å²) in [4.78, 5) is 14.8. The molecule has 0 atom stereocenters. The fraction of sp³-hybridized carbons (Fsp3) is 0.150. The third-order valence-electron chi connectivity index (χ3n) is 4.29. The molecule has 0 bridgehead atoms. The lowest BCUT2D eigenvalue weighted by atomic mass is 10.2. The Morgan fingerprint density at radius 3 is 2.30 bits per heavy atom. The highest BCUT2D eigenvalue weighted by molar-refractivity contribution is 7.89. The first-order valence-electron chi connectivity index (χ1n) is 8.43. The number of amides is 1. The molecule has 1 heterocycles. The molecule has 1 aromatic heterocycles. The normalized spacial score (nSPS) is 11.4. The number of aryl methyl sites for hydroxylation is 2. The summed E-state index contributed by atoms with van der Waals surface area (Å²) in [6.45, 7) is 5.52. The van der Waals surface area contributed by atoms with E-state index >= 15 is 0 Å². The second kappa shape index (κ2) is 7.38. The Kier molecular flexibility index (Phi) is 5.16. The van der Waals surface area contributed by atoms with Crippen molar-refractivity contribution in [1.29, 1.82) is 0 Å². The highest BCUT2D eigenvalue weighted by Crippen LogP contribution is 2.20. The van der Waals surface area contributed by atoms with Gasteiger partial charge < -0.3 is 4.57 Å². The Hall–Kier alpha value is -2.90. The minimum atomic E-state index is -3.84. The molecule has 7 heteroatoms. The van der Waals surface area contributed by atoms with Gasteiger partial charge in [0.2, 0.25) is 0 Å². The van der Waals surface area contributed by atoms with Crippen molar-refractivity contribution >= 4 is 15.9 Å². The first-order chi connectivity index (χ1) is 12.8. The van der Waals surface area contributed by atoms with E-state index in [9.17, 15) is 13.2 Å². The Morgan fingerprint density at radius 2 is 1.63 bits per heavy atom. The lowest BCUT2D eigenvalue weighted by molar-refractivity contribution is 0.0944. The molecule has 2 aromatic carbocycles. The van der Waals surface area contributed by atoms with Crippen molar-refractivity contribution in [3.63, 3.8) is 0 Å². The predicted octanol–water partition coefficient (Wildman–Crippen LogP) is 3.03. The molecule has 0 saturated carbocycles. The number of hydrogen-bond donors (Lipinski definition) is 2. The van der Waals surface area contributed by atoms with E-state index in [4.69, 9.17) is 0 Å². The van der Waals surface area contributed by atoms with Crippen LogP contribution in [0.4, 0.5) is 0 Å². The molecule has 0 aliphatic rings. The van der Waals surface area contributed by atoms with Gasteiger partial charge in [0.05, 0.1) is 10.5 Å². The van der Waals surface area contributed by atoms with Crippen LogP contribution in [0.5, 0.6) is 0 Å². The van der Waals surface area contributed by atoms with Crippen LogP contribution in [0.1, 0.15) is 27.3 Å². The molecule has 0 fully saturated rings. The maximum Gasteiger partial charge on any atom is 0.268 e. The third kappa shape index (κ3) is 3.94. The summed E-state index contributed by atoms with van der Waals surface area (Å²) < 4.78 is 26.7. The van der Waals surface area contributed by atoms with Gasteiger partial charge in [-0.3, -0.25) is 10.2 Å². The van der Waals surface area contributed by atoms with Gasteiger partial charge in [-0.25, -0.2) is 8.42 Å². The van der Waals surface area contributed by atoms with Crippen molar-refractivity contribution in [2.75, 3.05) is 0 Å². The van der Waals surface area contributed by atoms with E-state index in [0.717, 1.165) is 22.6 Å². The van der Waals surface area contributed by atoms with Crippen LogP contribution in [-0.4, -0.2) is 18.9 Å². The molecule has 0 saturated heterocycles. The molecule has 27 heavy (non-hydrogen) atoms. The summed E-state index contributed by atoms with van der Waals surface area (Å²) in [5.74, 6) is -0.512. The number of sulfonamides is 1. The van der Waals surface area contributed by atoms with Crippen LogP contribution in [0, 0.1) is 20.8 Å². The fourth-order valence-electron chi connectivity index (χ4n) is 2.99. The largest absolute Gasteiger partial charge is 0.318 e. The molecule has 0 spiro atoms. The highest BCUT2D eigenvalue weighted by atomic mass is 32.2. The van der Waals surface area contributed by atoms with Gasteiger partial charge in [-0.2, -0.15) is 0 Å². The fourth-order valence-corrected chi connectivity index (χ4v) is 3.93. The van der Waals surface area contributed by atoms with Gasteiger partial charge in [-0.15, -0.1) is 4.83 Å². The Balaban J connectivity index is 1.81. The average Bonchev–Trinajstić information content (AvgIpc) is 2.95. The number of nitrogens with zero attached hydrogens (tertiary/aromatic N) is 1. The van der Waals surface area contributed by atoms with Crippen molar-refractivity contribution in [2.24, 2.45) is 0 Å². The minimum Gasteiger partial charge on any atom is -0.318 e. The first kappa shape index (κ1) is 18.9. The van der Waals surface area contributed by atoms with E-state index < -0.39 is 15.9 Å². The number of nitrogens with one attached hydrogen (secondary N) is 2. The number of aromatic nitrogens is 1. The van der Waals surface area contributed by atoms with Gasteiger partial charge in [0.25, 0.3) is 15.9 Å². The van der Waals surface area contributed by atoms with Gasteiger partial charge in [0, 0.05) is 17.1 Å².